The third kappa shape index (κ3) is 6.58. The quantitative estimate of drug-likeness (QED) is 0.222. The van der Waals surface area contributed by atoms with E-state index in [0.717, 1.165) is 20.9 Å². The van der Waals surface area contributed by atoms with Gasteiger partial charge in [0.25, 0.3) is 0 Å². The lowest BCUT2D eigenvalue weighted by Crippen LogP contribution is -2.22. The number of hydrogen-bond acceptors (Lipinski definition) is 4. The third-order valence-corrected chi connectivity index (χ3v) is 6.83. The zero-order valence-electron chi connectivity index (χ0n) is 19.8. The van der Waals surface area contributed by atoms with Crippen molar-refractivity contribution in [1.29, 1.82) is 0 Å². The van der Waals surface area contributed by atoms with E-state index in [1.807, 2.05) is 115 Å². The summed E-state index contributed by atoms with van der Waals surface area (Å²) in [4.78, 5) is 19.8. The Morgan fingerprint density at radius 2 is 1.43 bits per heavy atom. The molecule has 182 valence electrons. The summed E-state index contributed by atoms with van der Waals surface area (Å²) < 4.78 is 6.08. The molecule has 0 radical (unpaired) electrons. The van der Waals surface area contributed by atoms with E-state index < -0.39 is 5.92 Å². The number of nitrogens with one attached hydrogen (secondary N) is 1. The second-order valence-corrected chi connectivity index (χ2v) is 9.87. The van der Waals surface area contributed by atoms with Crippen LogP contribution in [-0.2, 0) is 4.79 Å². The normalized spacial score (nSPS) is 10.8. The number of rotatable bonds is 8. The molecule has 4 nitrogen and oxygen atoms in total. The summed E-state index contributed by atoms with van der Waals surface area (Å²) in [7, 11) is 0. The van der Waals surface area contributed by atoms with Crippen LogP contribution in [0.15, 0.2) is 137 Å². The van der Waals surface area contributed by atoms with Gasteiger partial charge in [-0.15, -0.1) is 0 Å². The smallest absolute Gasteiger partial charge is 0.236 e. The fourth-order valence-corrected chi connectivity index (χ4v) is 4.98. The molecule has 0 aliphatic carbocycles. The second-order valence-electron chi connectivity index (χ2n) is 8.28. The van der Waals surface area contributed by atoms with Crippen molar-refractivity contribution in [2.24, 2.45) is 0 Å². The molecule has 0 saturated carbocycles. The Hall–Kier alpha value is -4.06. The second kappa shape index (κ2) is 11.8. The number of carbonyl (C=O) groups is 1. The largest absolute Gasteiger partial charge is 0.456 e. The van der Waals surface area contributed by atoms with Crippen LogP contribution in [-0.4, -0.2) is 10.9 Å². The SMILES string of the molecule is O=C(Nc1cc(Oc2cccnc2)cc(Sc2ccc(Cl)cc2)c1)C(c1ccccc1)c1ccccc1. The standard InChI is InChI=1S/C31H23ClN2O2S/c32-24-13-15-28(16-14-24)37-29-19-25(18-27(20-29)36-26-12-7-17-33-21-26)34-31(35)30(22-8-3-1-4-9-22)23-10-5-2-6-11-23/h1-21,30H,(H,34,35). The van der Waals surface area contributed by atoms with E-state index in [9.17, 15) is 4.79 Å². The highest BCUT2D eigenvalue weighted by Gasteiger charge is 2.23. The van der Waals surface area contributed by atoms with E-state index in [2.05, 4.69) is 10.3 Å². The molecule has 0 spiro atoms. The molecule has 1 amide bonds. The van der Waals surface area contributed by atoms with Crippen molar-refractivity contribution in [2.45, 2.75) is 15.7 Å². The molecule has 1 N–H and O–H groups in total. The van der Waals surface area contributed by atoms with E-state index in [-0.39, 0.29) is 5.91 Å². The summed E-state index contributed by atoms with van der Waals surface area (Å²) in [5.41, 5.74) is 2.48. The molecule has 5 aromatic rings. The topological polar surface area (TPSA) is 51.2 Å². The lowest BCUT2D eigenvalue weighted by Gasteiger charge is -2.19. The van der Waals surface area contributed by atoms with Crippen LogP contribution in [0.4, 0.5) is 5.69 Å². The molecular weight excluding hydrogens is 500 g/mol. The van der Waals surface area contributed by atoms with Gasteiger partial charge in [-0.1, -0.05) is 84.0 Å². The van der Waals surface area contributed by atoms with Gasteiger partial charge >= 0.3 is 0 Å². The van der Waals surface area contributed by atoms with Crippen molar-refractivity contribution in [3.63, 3.8) is 0 Å². The van der Waals surface area contributed by atoms with Gasteiger partial charge in [0.15, 0.2) is 0 Å². The Labute approximate surface area is 225 Å². The molecule has 5 rings (SSSR count). The van der Waals surface area contributed by atoms with Crippen LogP contribution < -0.4 is 10.1 Å². The van der Waals surface area contributed by atoms with E-state index in [4.69, 9.17) is 16.3 Å². The van der Waals surface area contributed by atoms with Crippen molar-refractivity contribution in [1.82, 2.24) is 4.98 Å². The van der Waals surface area contributed by atoms with Crippen LogP contribution in [0.3, 0.4) is 0 Å². The molecule has 0 saturated heterocycles. The number of benzene rings is 4. The minimum absolute atomic E-state index is 0.127. The number of halogens is 1. The third-order valence-electron chi connectivity index (χ3n) is 5.60. The first-order valence-electron chi connectivity index (χ1n) is 11.7. The zero-order valence-corrected chi connectivity index (χ0v) is 21.3. The van der Waals surface area contributed by atoms with Crippen LogP contribution >= 0.6 is 23.4 Å². The minimum Gasteiger partial charge on any atom is -0.456 e. The molecule has 37 heavy (non-hydrogen) atoms. The number of aromatic nitrogens is 1. The lowest BCUT2D eigenvalue weighted by molar-refractivity contribution is -0.116. The average molecular weight is 523 g/mol. The van der Waals surface area contributed by atoms with Gasteiger partial charge in [0.1, 0.15) is 11.5 Å². The average Bonchev–Trinajstić information content (AvgIpc) is 2.92. The van der Waals surface area contributed by atoms with E-state index in [1.165, 1.54) is 0 Å². The lowest BCUT2D eigenvalue weighted by atomic mass is 9.90. The summed E-state index contributed by atoms with van der Waals surface area (Å²) >= 11 is 7.62. The number of pyridine rings is 1. The Bertz CT molecular complexity index is 1420. The Morgan fingerprint density at radius 1 is 0.757 bits per heavy atom. The fourth-order valence-electron chi connectivity index (χ4n) is 3.94. The number of amides is 1. The van der Waals surface area contributed by atoms with Gasteiger partial charge in [0, 0.05) is 32.8 Å². The summed E-state index contributed by atoms with van der Waals surface area (Å²) in [5.74, 6) is 0.620. The van der Waals surface area contributed by atoms with Crippen molar-refractivity contribution in [2.75, 3.05) is 5.32 Å². The fraction of sp³-hybridized carbons (Fsp3) is 0.0323. The zero-order chi connectivity index (χ0) is 25.5. The molecule has 1 aromatic heterocycles. The van der Waals surface area contributed by atoms with Crippen LogP contribution in [0.5, 0.6) is 11.5 Å². The predicted molar refractivity (Wildman–Crippen MR) is 150 cm³/mol. The van der Waals surface area contributed by atoms with Crippen molar-refractivity contribution >= 4 is 35.0 Å². The highest BCUT2D eigenvalue weighted by molar-refractivity contribution is 7.99. The van der Waals surface area contributed by atoms with Crippen LogP contribution in [0, 0.1) is 0 Å². The van der Waals surface area contributed by atoms with Crippen LogP contribution in [0.2, 0.25) is 5.02 Å². The number of ether oxygens (including phenoxy) is 1. The van der Waals surface area contributed by atoms with E-state index in [1.54, 1.807) is 24.2 Å². The highest BCUT2D eigenvalue weighted by atomic mass is 35.5. The number of hydrogen-bond donors (Lipinski definition) is 1. The maximum atomic E-state index is 13.7. The van der Waals surface area contributed by atoms with Crippen molar-refractivity contribution < 1.29 is 9.53 Å². The molecular formula is C31H23ClN2O2S. The van der Waals surface area contributed by atoms with Gasteiger partial charge in [0.05, 0.1) is 12.1 Å². The summed E-state index contributed by atoms with van der Waals surface area (Å²) in [6.45, 7) is 0. The maximum Gasteiger partial charge on any atom is 0.236 e. The van der Waals surface area contributed by atoms with Gasteiger partial charge in [-0.25, -0.2) is 0 Å². The van der Waals surface area contributed by atoms with Crippen LogP contribution in [0.25, 0.3) is 0 Å². The van der Waals surface area contributed by atoms with Crippen molar-refractivity contribution in [3.05, 3.63) is 144 Å². The first kappa shape index (κ1) is 24.6. The van der Waals surface area contributed by atoms with E-state index in [0.29, 0.717) is 22.2 Å². The molecule has 1 heterocycles. The Morgan fingerprint density at radius 3 is 2.05 bits per heavy atom. The van der Waals surface area contributed by atoms with Gasteiger partial charge in [-0.05, 0) is 59.7 Å². The summed E-state index contributed by atoms with van der Waals surface area (Å²) in [5, 5.41) is 3.81. The molecule has 0 atom stereocenters. The molecule has 6 heteroatoms. The first-order valence-corrected chi connectivity index (χ1v) is 12.9. The Balaban J connectivity index is 1.47. The molecule has 0 fully saturated rings. The number of carbonyl (C=O) groups excluding carboxylic acids is 1. The molecule has 0 bridgehead atoms. The monoisotopic (exact) mass is 522 g/mol. The number of nitrogens with zero attached hydrogens (tertiary/aromatic N) is 1. The minimum atomic E-state index is -0.460. The van der Waals surface area contributed by atoms with Crippen LogP contribution in [0.1, 0.15) is 17.0 Å². The molecule has 4 aromatic carbocycles. The maximum absolute atomic E-state index is 13.7. The predicted octanol–water partition coefficient (Wildman–Crippen LogP) is 8.45. The molecule has 0 unspecified atom stereocenters. The van der Waals surface area contributed by atoms with E-state index >= 15 is 0 Å². The highest BCUT2D eigenvalue weighted by Crippen LogP contribution is 2.36. The van der Waals surface area contributed by atoms with Gasteiger partial charge in [0.2, 0.25) is 5.91 Å². The first-order chi connectivity index (χ1) is 18.1. The summed E-state index contributed by atoms with van der Waals surface area (Å²) in [6.07, 6.45) is 3.34. The van der Waals surface area contributed by atoms with Crippen molar-refractivity contribution in [3.8, 4) is 11.5 Å². The molecule has 0 aliphatic heterocycles. The molecule has 0 aliphatic rings. The summed E-state index contributed by atoms with van der Waals surface area (Å²) in [6, 6.07) is 36.6. The Kier molecular flexibility index (Phi) is 7.84. The van der Waals surface area contributed by atoms with Gasteiger partial charge in [-0.3, -0.25) is 9.78 Å². The van der Waals surface area contributed by atoms with Gasteiger partial charge in [-0.2, -0.15) is 0 Å². The number of anilines is 1. The van der Waals surface area contributed by atoms with Gasteiger partial charge < -0.3 is 10.1 Å².